The molecule has 2 aliphatic heterocycles. The number of β-amino-alcohol motifs (C(OH)–C–C–N with tert-alkyl or cyclic N) is 1. The number of methoxy groups -OCH3 is 2. The number of hydrogen-bond donors (Lipinski definition) is 1. The molecule has 3 aliphatic rings. The van der Waals surface area contributed by atoms with Crippen LogP contribution >= 0.6 is 0 Å². The van der Waals surface area contributed by atoms with Crippen LogP contribution in [0.5, 0.6) is 11.5 Å². The minimum absolute atomic E-state index is 0.154. The average molecular weight is 427 g/mol. The molecule has 0 aromatic heterocycles. The number of halogens is 2. The number of hydrogen-bond acceptors (Lipinski definition) is 6. The Balaban J connectivity index is 1.29. The summed E-state index contributed by atoms with van der Waals surface area (Å²) < 4.78 is 43.0. The second-order valence-electron chi connectivity index (χ2n) is 8.97. The molecule has 0 spiro atoms. The molecule has 1 saturated carbocycles. The first-order valence-corrected chi connectivity index (χ1v) is 10.7. The van der Waals surface area contributed by atoms with Gasteiger partial charge in [-0.2, -0.15) is 0 Å². The van der Waals surface area contributed by atoms with Crippen LogP contribution in [0.25, 0.3) is 0 Å². The van der Waals surface area contributed by atoms with Crippen LogP contribution in [0.1, 0.15) is 18.4 Å². The fourth-order valence-electron chi connectivity index (χ4n) is 5.25. The lowest BCUT2D eigenvalue weighted by Gasteiger charge is -2.38. The van der Waals surface area contributed by atoms with Crippen molar-refractivity contribution in [3.05, 3.63) is 23.8 Å². The highest BCUT2D eigenvalue weighted by molar-refractivity contribution is 5.43. The van der Waals surface area contributed by atoms with Gasteiger partial charge in [-0.1, -0.05) is 6.07 Å². The zero-order valence-corrected chi connectivity index (χ0v) is 17.7. The van der Waals surface area contributed by atoms with E-state index >= 15 is 0 Å². The van der Waals surface area contributed by atoms with Crippen LogP contribution in [-0.4, -0.2) is 86.6 Å². The number of benzene rings is 1. The van der Waals surface area contributed by atoms with E-state index in [-0.39, 0.29) is 19.7 Å². The number of fused-ring (bicyclic) bond motifs is 2. The largest absolute Gasteiger partial charge is 0.493 e. The molecule has 2 unspecified atom stereocenters. The Morgan fingerprint density at radius 3 is 2.40 bits per heavy atom. The molecule has 30 heavy (non-hydrogen) atoms. The Morgan fingerprint density at radius 1 is 1.10 bits per heavy atom. The van der Waals surface area contributed by atoms with Crippen molar-refractivity contribution in [1.29, 1.82) is 0 Å². The Morgan fingerprint density at radius 2 is 1.80 bits per heavy atom. The molecule has 1 aromatic carbocycles. The molecule has 1 aromatic rings. The maximum Gasteiger partial charge on any atom is 0.272 e. The van der Waals surface area contributed by atoms with E-state index in [1.165, 1.54) is 12.8 Å². The van der Waals surface area contributed by atoms with E-state index in [4.69, 9.17) is 14.2 Å². The third kappa shape index (κ3) is 4.88. The molecule has 1 aliphatic carbocycles. The predicted octanol–water partition coefficient (Wildman–Crippen LogP) is 2.24. The molecular weight excluding hydrogens is 394 g/mol. The molecule has 1 N–H and O–H groups in total. The summed E-state index contributed by atoms with van der Waals surface area (Å²) in [6.07, 6.45) is 2.12. The third-order valence-electron chi connectivity index (χ3n) is 6.54. The molecule has 0 radical (unpaired) electrons. The van der Waals surface area contributed by atoms with E-state index in [9.17, 15) is 13.9 Å². The van der Waals surface area contributed by atoms with Crippen molar-refractivity contribution >= 4 is 0 Å². The fraction of sp³-hybridized carbons (Fsp3) is 0.727. The normalized spacial score (nSPS) is 29.4. The second kappa shape index (κ2) is 8.94. The zero-order chi connectivity index (χ0) is 21.3. The van der Waals surface area contributed by atoms with Gasteiger partial charge in [0.2, 0.25) is 0 Å². The summed E-state index contributed by atoms with van der Waals surface area (Å²) in [6, 6.07) is 5.45. The highest BCUT2D eigenvalue weighted by Crippen LogP contribution is 2.38. The predicted molar refractivity (Wildman–Crippen MR) is 108 cm³/mol. The minimum Gasteiger partial charge on any atom is -0.493 e. The van der Waals surface area contributed by atoms with Crippen LogP contribution in [0.2, 0.25) is 0 Å². The van der Waals surface area contributed by atoms with Gasteiger partial charge in [-0.25, -0.2) is 8.78 Å². The lowest BCUT2D eigenvalue weighted by molar-refractivity contribution is -0.133. The molecule has 6 nitrogen and oxygen atoms in total. The van der Waals surface area contributed by atoms with Gasteiger partial charge in [0.05, 0.1) is 26.3 Å². The fourth-order valence-corrected chi connectivity index (χ4v) is 5.25. The van der Waals surface area contributed by atoms with Crippen LogP contribution in [0.3, 0.4) is 0 Å². The van der Waals surface area contributed by atoms with Crippen LogP contribution in [0, 0.1) is 11.8 Å². The lowest BCUT2D eigenvalue weighted by atomic mass is 9.94. The number of piperidine rings is 1. The van der Waals surface area contributed by atoms with E-state index in [2.05, 4.69) is 4.90 Å². The highest BCUT2D eigenvalue weighted by Gasteiger charge is 2.44. The van der Waals surface area contributed by atoms with Gasteiger partial charge < -0.3 is 19.3 Å². The highest BCUT2D eigenvalue weighted by atomic mass is 19.3. The number of alkyl halides is 2. The number of ether oxygens (including phenoxy) is 3. The second-order valence-corrected chi connectivity index (χ2v) is 8.97. The number of aliphatic hydroxyl groups excluding tert-OH is 1. The Labute approximate surface area is 176 Å². The summed E-state index contributed by atoms with van der Waals surface area (Å²) in [5.74, 6) is -0.383. The van der Waals surface area contributed by atoms with Crippen molar-refractivity contribution in [2.75, 3.05) is 53.6 Å². The standard InChI is InChI=1S/C22H32F2N2O4/c1-28-19-6-3-15(8-26-13-22(23,24)14-26)7-20(19)30-12-18(27)11-25-9-16-4-5-17(10-25)21(16)29-2/h3,6-7,16-18,21,27H,4-5,8-14H2,1-2H3/t16-,17+,18?,21?. The number of aliphatic hydroxyl groups is 1. The SMILES string of the molecule is COc1ccc(CN2CC(F)(F)C2)cc1OCC(O)CN1C[C@H]2CC[C@@H](C1)C2OC. The minimum atomic E-state index is -2.58. The van der Waals surface area contributed by atoms with Crippen LogP contribution < -0.4 is 9.47 Å². The molecule has 0 amide bonds. The molecule has 4 rings (SSSR count). The summed E-state index contributed by atoms with van der Waals surface area (Å²) in [6.45, 7) is 2.63. The molecule has 4 atom stereocenters. The van der Waals surface area contributed by atoms with Crippen molar-refractivity contribution in [1.82, 2.24) is 9.80 Å². The van der Waals surface area contributed by atoms with Gasteiger partial charge in [0, 0.05) is 33.3 Å². The third-order valence-corrected chi connectivity index (χ3v) is 6.54. The summed E-state index contributed by atoms with van der Waals surface area (Å²) in [5.41, 5.74) is 0.883. The Kier molecular flexibility index (Phi) is 6.48. The monoisotopic (exact) mass is 426 g/mol. The molecule has 2 saturated heterocycles. The van der Waals surface area contributed by atoms with Gasteiger partial charge in [0.15, 0.2) is 11.5 Å². The lowest BCUT2D eigenvalue weighted by Crippen LogP contribution is -2.55. The van der Waals surface area contributed by atoms with Crippen LogP contribution in [-0.2, 0) is 11.3 Å². The first-order chi connectivity index (χ1) is 14.4. The van der Waals surface area contributed by atoms with E-state index in [0.717, 1.165) is 18.7 Å². The topological polar surface area (TPSA) is 54.4 Å². The van der Waals surface area contributed by atoms with E-state index in [1.807, 2.05) is 12.1 Å². The molecule has 168 valence electrons. The number of nitrogens with zero attached hydrogens (tertiary/aromatic N) is 2. The first kappa shape index (κ1) is 21.7. The summed E-state index contributed by atoms with van der Waals surface area (Å²) in [4.78, 5) is 4.00. The molecular formula is C22H32F2N2O4. The quantitative estimate of drug-likeness (QED) is 0.654. The van der Waals surface area contributed by atoms with Gasteiger partial charge in [0.25, 0.3) is 5.92 Å². The van der Waals surface area contributed by atoms with Crippen molar-refractivity contribution < 1.29 is 28.1 Å². The van der Waals surface area contributed by atoms with Crippen LogP contribution in [0.15, 0.2) is 18.2 Å². The molecule has 8 heteroatoms. The van der Waals surface area contributed by atoms with E-state index < -0.39 is 12.0 Å². The number of rotatable bonds is 9. The molecule has 2 heterocycles. The van der Waals surface area contributed by atoms with Gasteiger partial charge in [-0.15, -0.1) is 0 Å². The summed E-state index contributed by atoms with van der Waals surface area (Å²) in [7, 11) is 3.35. The van der Waals surface area contributed by atoms with E-state index in [0.29, 0.717) is 42.5 Å². The van der Waals surface area contributed by atoms with Gasteiger partial charge >= 0.3 is 0 Å². The Bertz CT molecular complexity index is 713. The first-order valence-electron chi connectivity index (χ1n) is 10.7. The smallest absolute Gasteiger partial charge is 0.272 e. The van der Waals surface area contributed by atoms with Gasteiger partial charge in [-0.05, 0) is 42.4 Å². The van der Waals surface area contributed by atoms with Gasteiger partial charge in [-0.3, -0.25) is 9.80 Å². The van der Waals surface area contributed by atoms with Gasteiger partial charge in [0.1, 0.15) is 12.7 Å². The Hall–Kier alpha value is -1.48. The van der Waals surface area contributed by atoms with Crippen molar-refractivity contribution in [3.8, 4) is 11.5 Å². The molecule has 3 fully saturated rings. The van der Waals surface area contributed by atoms with Crippen molar-refractivity contribution in [2.45, 2.75) is 37.5 Å². The summed E-state index contributed by atoms with van der Waals surface area (Å²) >= 11 is 0. The van der Waals surface area contributed by atoms with Crippen molar-refractivity contribution in [2.24, 2.45) is 11.8 Å². The van der Waals surface area contributed by atoms with E-state index in [1.54, 1.807) is 25.2 Å². The molecule has 2 bridgehead atoms. The number of likely N-dealkylation sites (tertiary alicyclic amines) is 2. The maximum absolute atomic E-state index is 13.1. The zero-order valence-electron chi connectivity index (χ0n) is 17.7. The van der Waals surface area contributed by atoms with Crippen LogP contribution in [0.4, 0.5) is 8.78 Å². The van der Waals surface area contributed by atoms with Crippen molar-refractivity contribution in [3.63, 3.8) is 0 Å². The average Bonchev–Trinajstić information content (AvgIpc) is 2.94. The maximum atomic E-state index is 13.1. The summed E-state index contributed by atoms with van der Waals surface area (Å²) in [5, 5.41) is 10.5.